The van der Waals surface area contributed by atoms with Gasteiger partial charge in [-0.3, -0.25) is 4.98 Å². The molecule has 0 N–H and O–H groups in total. The molecule has 3 nitrogen and oxygen atoms in total. The van der Waals surface area contributed by atoms with Crippen molar-refractivity contribution in [2.45, 2.75) is 13.5 Å². The van der Waals surface area contributed by atoms with Crippen LogP contribution >= 0.6 is 0 Å². The minimum absolute atomic E-state index is 0.769. The average Bonchev–Trinajstić information content (AvgIpc) is 3.07. The Balaban J connectivity index is 1.72. The second-order valence-corrected chi connectivity index (χ2v) is 6.89. The number of pyridine rings is 1. The van der Waals surface area contributed by atoms with Gasteiger partial charge in [-0.1, -0.05) is 72.3 Å². The first-order valence-electron chi connectivity index (χ1n) is 9.13. The molecule has 3 heteroatoms. The molecule has 0 aliphatic rings. The van der Waals surface area contributed by atoms with Crippen LogP contribution in [0.3, 0.4) is 0 Å². The molecule has 2 aromatic heterocycles. The van der Waals surface area contributed by atoms with E-state index in [0.29, 0.717) is 0 Å². The number of benzene rings is 3. The van der Waals surface area contributed by atoms with E-state index in [4.69, 9.17) is 4.98 Å². The summed E-state index contributed by atoms with van der Waals surface area (Å²) in [6, 6.07) is 25.6. The lowest BCUT2D eigenvalue weighted by molar-refractivity contribution is 0.840. The lowest BCUT2D eigenvalue weighted by Crippen LogP contribution is -2.03. The van der Waals surface area contributed by atoms with Gasteiger partial charge in [0.15, 0.2) is 0 Å². The fourth-order valence-corrected chi connectivity index (χ4v) is 3.67. The molecule has 0 amide bonds. The Labute approximate surface area is 157 Å². The highest BCUT2D eigenvalue weighted by Gasteiger charge is 2.14. The van der Waals surface area contributed by atoms with E-state index in [9.17, 15) is 0 Å². The van der Waals surface area contributed by atoms with Crippen molar-refractivity contribution in [1.82, 2.24) is 14.5 Å². The molecule has 0 aliphatic heterocycles. The van der Waals surface area contributed by atoms with Crippen molar-refractivity contribution >= 4 is 21.8 Å². The molecule has 27 heavy (non-hydrogen) atoms. The van der Waals surface area contributed by atoms with E-state index < -0.39 is 0 Å². The lowest BCUT2D eigenvalue weighted by Gasteiger charge is -2.12. The Hall–Kier alpha value is -3.46. The van der Waals surface area contributed by atoms with Crippen LogP contribution in [0.25, 0.3) is 33.2 Å². The van der Waals surface area contributed by atoms with Crippen molar-refractivity contribution in [3.63, 3.8) is 0 Å². The molecule has 5 aromatic rings. The van der Waals surface area contributed by atoms with Crippen LogP contribution in [0.2, 0.25) is 0 Å². The van der Waals surface area contributed by atoms with Gasteiger partial charge in [-0.2, -0.15) is 0 Å². The quantitative estimate of drug-likeness (QED) is 0.424. The Kier molecular flexibility index (Phi) is 3.72. The van der Waals surface area contributed by atoms with Crippen LogP contribution in [0.1, 0.15) is 11.1 Å². The Morgan fingerprint density at radius 2 is 1.67 bits per heavy atom. The first-order chi connectivity index (χ1) is 13.3. The van der Waals surface area contributed by atoms with Crippen molar-refractivity contribution in [2.24, 2.45) is 0 Å². The van der Waals surface area contributed by atoms with E-state index in [-0.39, 0.29) is 0 Å². The maximum absolute atomic E-state index is 4.89. The molecule has 3 aromatic carbocycles. The number of nitrogens with zero attached hydrogens (tertiary/aromatic N) is 3. The van der Waals surface area contributed by atoms with Gasteiger partial charge in [0.2, 0.25) is 0 Å². The molecule has 5 rings (SSSR count). The van der Waals surface area contributed by atoms with E-state index in [1.807, 2.05) is 18.5 Å². The Morgan fingerprint density at radius 3 is 2.56 bits per heavy atom. The zero-order valence-electron chi connectivity index (χ0n) is 15.1. The van der Waals surface area contributed by atoms with Crippen molar-refractivity contribution in [2.75, 3.05) is 0 Å². The standard InChI is InChI=1S/C24H19N3/c1-17-9-11-19(12-10-17)24-26-22-15-25-14-13-23(22)27(24)16-20-7-4-6-18-5-2-3-8-21(18)20/h2-15H,16H2,1H3. The van der Waals surface area contributed by atoms with Crippen molar-refractivity contribution in [1.29, 1.82) is 0 Å². The summed E-state index contributed by atoms with van der Waals surface area (Å²) >= 11 is 0. The number of hydrogen-bond donors (Lipinski definition) is 0. The number of rotatable bonds is 3. The Morgan fingerprint density at radius 1 is 0.852 bits per heavy atom. The number of fused-ring (bicyclic) bond motifs is 2. The predicted molar refractivity (Wildman–Crippen MR) is 111 cm³/mol. The second-order valence-electron chi connectivity index (χ2n) is 6.89. The number of aromatic nitrogens is 3. The highest BCUT2D eigenvalue weighted by molar-refractivity contribution is 5.86. The maximum atomic E-state index is 4.89. The molecule has 2 heterocycles. The molecule has 0 saturated carbocycles. The SMILES string of the molecule is Cc1ccc(-c2nc3cnccc3n2Cc2cccc3ccccc23)cc1. The minimum Gasteiger partial charge on any atom is -0.319 e. The molecule has 0 spiro atoms. The molecule has 0 radical (unpaired) electrons. The van der Waals surface area contributed by atoms with Gasteiger partial charge >= 0.3 is 0 Å². The summed E-state index contributed by atoms with van der Waals surface area (Å²) in [5.74, 6) is 0.978. The Bertz CT molecular complexity index is 1240. The molecule has 0 fully saturated rings. The van der Waals surface area contributed by atoms with E-state index in [0.717, 1.165) is 29.0 Å². The van der Waals surface area contributed by atoms with E-state index in [1.54, 1.807) is 0 Å². The number of aryl methyl sites for hydroxylation is 1. The summed E-state index contributed by atoms with van der Waals surface area (Å²) < 4.78 is 2.30. The topological polar surface area (TPSA) is 30.7 Å². The smallest absolute Gasteiger partial charge is 0.141 e. The van der Waals surface area contributed by atoms with Gasteiger partial charge in [0.1, 0.15) is 11.3 Å². The normalized spacial score (nSPS) is 11.3. The van der Waals surface area contributed by atoms with Crippen molar-refractivity contribution < 1.29 is 0 Å². The predicted octanol–water partition coefficient (Wildman–Crippen LogP) is 5.61. The molecule has 130 valence electrons. The highest BCUT2D eigenvalue weighted by atomic mass is 15.1. The largest absolute Gasteiger partial charge is 0.319 e. The molecule has 0 bridgehead atoms. The van der Waals surface area contributed by atoms with E-state index in [1.165, 1.54) is 21.9 Å². The van der Waals surface area contributed by atoms with Gasteiger partial charge in [-0.15, -0.1) is 0 Å². The molecule has 0 unspecified atom stereocenters. The van der Waals surface area contributed by atoms with Crippen LogP contribution in [0.4, 0.5) is 0 Å². The van der Waals surface area contributed by atoms with E-state index >= 15 is 0 Å². The van der Waals surface area contributed by atoms with Gasteiger partial charge in [-0.25, -0.2) is 4.98 Å². The monoisotopic (exact) mass is 349 g/mol. The molecule has 0 saturated heterocycles. The van der Waals surface area contributed by atoms with Gasteiger partial charge in [0.25, 0.3) is 0 Å². The summed E-state index contributed by atoms with van der Waals surface area (Å²) in [5.41, 5.74) is 5.69. The third-order valence-corrected chi connectivity index (χ3v) is 5.07. The second kappa shape index (κ2) is 6.36. The van der Waals surface area contributed by atoms with Gasteiger partial charge < -0.3 is 4.57 Å². The molecule has 0 aliphatic carbocycles. The van der Waals surface area contributed by atoms with Crippen LogP contribution in [0.5, 0.6) is 0 Å². The van der Waals surface area contributed by atoms with Crippen molar-refractivity contribution in [3.8, 4) is 11.4 Å². The van der Waals surface area contributed by atoms with Crippen LogP contribution in [0.15, 0.2) is 85.2 Å². The zero-order chi connectivity index (χ0) is 18.2. The van der Waals surface area contributed by atoms with Crippen LogP contribution < -0.4 is 0 Å². The van der Waals surface area contributed by atoms with Crippen LogP contribution in [-0.2, 0) is 6.54 Å². The third-order valence-electron chi connectivity index (χ3n) is 5.07. The van der Waals surface area contributed by atoms with Crippen molar-refractivity contribution in [3.05, 3.63) is 96.3 Å². The number of imidazole rings is 1. The molecule has 0 atom stereocenters. The summed E-state index contributed by atoms with van der Waals surface area (Å²) in [6.45, 7) is 2.87. The number of hydrogen-bond acceptors (Lipinski definition) is 2. The zero-order valence-corrected chi connectivity index (χ0v) is 15.1. The first-order valence-corrected chi connectivity index (χ1v) is 9.13. The van der Waals surface area contributed by atoms with Crippen LogP contribution in [0, 0.1) is 6.92 Å². The fraction of sp³-hybridized carbons (Fsp3) is 0.0833. The first kappa shape index (κ1) is 15.8. The third kappa shape index (κ3) is 2.77. The molecular formula is C24H19N3. The summed E-state index contributed by atoms with van der Waals surface area (Å²) in [7, 11) is 0. The summed E-state index contributed by atoms with van der Waals surface area (Å²) in [5, 5.41) is 2.55. The van der Waals surface area contributed by atoms with Gasteiger partial charge in [0, 0.05) is 11.8 Å². The fourth-order valence-electron chi connectivity index (χ4n) is 3.67. The summed E-state index contributed by atoms with van der Waals surface area (Å²) in [4.78, 5) is 9.15. The maximum Gasteiger partial charge on any atom is 0.141 e. The molecular weight excluding hydrogens is 330 g/mol. The minimum atomic E-state index is 0.769. The summed E-state index contributed by atoms with van der Waals surface area (Å²) in [6.07, 6.45) is 3.68. The highest BCUT2D eigenvalue weighted by Crippen LogP contribution is 2.27. The van der Waals surface area contributed by atoms with Gasteiger partial charge in [0.05, 0.1) is 18.3 Å². The average molecular weight is 349 g/mol. The van der Waals surface area contributed by atoms with Crippen LogP contribution in [-0.4, -0.2) is 14.5 Å². The lowest BCUT2D eigenvalue weighted by atomic mass is 10.0. The van der Waals surface area contributed by atoms with Gasteiger partial charge in [-0.05, 0) is 29.3 Å². The van der Waals surface area contributed by atoms with E-state index in [2.05, 4.69) is 83.2 Å².